The number of para-hydroxylation sites is 1. The van der Waals surface area contributed by atoms with Gasteiger partial charge in [0.1, 0.15) is 18.4 Å². The van der Waals surface area contributed by atoms with Crippen molar-refractivity contribution in [2.75, 3.05) is 13.7 Å². The number of methoxy groups -OCH3 is 1. The smallest absolute Gasteiger partial charge is 0.331 e. The van der Waals surface area contributed by atoms with Gasteiger partial charge in [-0.2, -0.15) is 5.26 Å². The summed E-state index contributed by atoms with van der Waals surface area (Å²) < 4.78 is 9.94. The van der Waals surface area contributed by atoms with Crippen LogP contribution in [0.2, 0.25) is 0 Å². The van der Waals surface area contributed by atoms with Crippen molar-refractivity contribution in [3.63, 3.8) is 0 Å². The molecule has 100 valence electrons. The maximum atomic E-state index is 11.4. The van der Waals surface area contributed by atoms with Gasteiger partial charge in [-0.3, -0.25) is 4.79 Å². The quantitative estimate of drug-likeness (QED) is 0.785. The molecule has 0 heterocycles. The molecule has 0 saturated carbocycles. The third kappa shape index (κ3) is 4.32. The first kappa shape index (κ1) is 14.5. The number of carbonyl (C=O) groups excluding carboxylic acids is 2. The minimum atomic E-state index is -0.908. The van der Waals surface area contributed by atoms with E-state index in [9.17, 15) is 9.59 Å². The van der Waals surface area contributed by atoms with E-state index < -0.39 is 12.0 Å². The summed E-state index contributed by atoms with van der Waals surface area (Å²) >= 11 is 0. The number of ether oxygens (including phenoxy) is 2. The first-order valence-corrected chi connectivity index (χ1v) is 5.55. The second-order valence-electron chi connectivity index (χ2n) is 3.70. The molecule has 0 aliphatic heterocycles. The van der Waals surface area contributed by atoms with Crippen LogP contribution in [0.15, 0.2) is 24.3 Å². The fourth-order valence-electron chi connectivity index (χ4n) is 1.41. The average molecular weight is 262 g/mol. The van der Waals surface area contributed by atoms with E-state index in [2.05, 4.69) is 10.1 Å². The van der Waals surface area contributed by atoms with Crippen LogP contribution in [-0.4, -0.2) is 31.6 Å². The van der Waals surface area contributed by atoms with Gasteiger partial charge in [-0.25, -0.2) is 4.79 Å². The Morgan fingerprint density at radius 3 is 2.68 bits per heavy atom. The van der Waals surface area contributed by atoms with Crippen molar-refractivity contribution in [1.29, 1.82) is 5.26 Å². The van der Waals surface area contributed by atoms with Crippen LogP contribution in [0.5, 0.6) is 5.75 Å². The Hall–Kier alpha value is -2.55. The van der Waals surface area contributed by atoms with E-state index in [1.54, 1.807) is 24.3 Å². The third-order valence-electron chi connectivity index (χ3n) is 2.28. The largest absolute Gasteiger partial charge is 0.489 e. The molecule has 1 unspecified atom stereocenters. The molecule has 0 radical (unpaired) electrons. The Morgan fingerprint density at radius 1 is 1.42 bits per heavy atom. The molecular formula is C13H14N2O4. The number of nitrogens with zero attached hydrogens (tertiary/aromatic N) is 1. The molecule has 0 aliphatic carbocycles. The van der Waals surface area contributed by atoms with Gasteiger partial charge < -0.3 is 14.8 Å². The maximum absolute atomic E-state index is 11.4. The van der Waals surface area contributed by atoms with E-state index in [-0.39, 0.29) is 12.5 Å². The van der Waals surface area contributed by atoms with Crippen molar-refractivity contribution in [3.8, 4) is 11.8 Å². The highest BCUT2D eigenvalue weighted by atomic mass is 16.5. The van der Waals surface area contributed by atoms with E-state index in [1.165, 1.54) is 14.0 Å². The Balaban J connectivity index is 2.73. The third-order valence-corrected chi connectivity index (χ3v) is 2.28. The topological polar surface area (TPSA) is 88.4 Å². The molecule has 1 aromatic rings. The SMILES string of the molecule is COC(=O)C(COc1ccccc1C#N)NC(C)=O. The van der Waals surface area contributed by atoms with E-state index >= 15 is 0 Å². The molecule has 0 bridgehead atoms. The summed E-state index contributed by atoms with van der Waals surface area (Å²) in [5.74, 6) is -0.624. The minimum Gasteiger partial charge on any atom is -0.489 e. The van der Waals surface area contributed by atoms with E-state index in [0.717, 1.165) is 0 Å². The molecule has 6 heteroatoms. The number of nitrogens with one attached hydrogen (secondary N) is 1. The van der Waals surface area contributed by atoms with Crippen molar-refractivity contribution in [2.45, 2.75) is 13.0 Å². The summed E-state index contributed by atoms with van der Waals surface area (Å²) in [7, 11) is 1.22. The highest BCUT2D eigenvalue weighted by Crippen LogP contribution is 2.16. The standard InChI is InChI=1S/C13H14N2O4/c1-9(16)15-11(13(17)18-2)8-19-12-6-4-3-5-10(12)7-14/h3-6,11H,8H2,1-2H3,(H,15,16). The van der Waals surface area contributed by atoms with Gasteiger partial charge in [0.2, 0.25) is 5.91 Å². The molecule has 19 heavy (non-hydrogen) atoms. The predicted octanol–water partition coefficient (Wildman–Crippen LogP) is 0.615. The molecule has 1 N–H and O–H groups in total. The van der Waals surface area contributed by atoms with Gasteiger partial charge in [-0.05, 0) is 12.1 Å². The van der Waals surface area contributed by atoms with Gasteiger partial charge in [-0.1, -0.05) is 12.1 Å². The Bertz CT molecular complexity index is 508. The lowest BCUT2D eigenvalue weighted by molar-refractivity contribution is -0.145. The summed E-state index contributed by atoms with van der Waals surface area (Å²) in [6.45, 7) is 1.18. The number of rotatable bonds is 5. The highest BCUT2D eigenvalue weighted by molar-refractivity contribution is 5.83. The Morgan fingerprint density at radius 2 is 2.11 bits per heavy atom. The van der Waals surface area contributed by atoms with Gasteiger partial charge in [-0.15, -0.1) is 0 Å². The van der Waals surface area contributed by atoms with E-state index in [1.807, 2.05) is 6.07 Å². The fraction of sp³-hybridized carbons (Fsp3) is 0.308. The monoisotopic (exact) mass is 262 g/mol. The van der Waals surface area contributed by atoms with Crippen LogP contribution in [0.4, 0.5) is 0 Å². The first-order chi connectivity index (χ1) is 9.08. The number of amides is 1. The number of hydrogen-bond acceptors (Lipinski definition) is 5. The zero-order valence-corrected chi connectivity index (χ0v) is 10.7. The van der Waals surface area contributed by atoms with Crippen LogP contribution in [-0.2, 0) is 14.3 Å². The van der Waals surface area contributed by atoms with Crippen LogP contribution in [0.1, 0.15) is 12.5 Å². The highest BCUT2D eigenvalue weighted by Gasteiger charge is 2.21. The van der Waals surface area contributed by atoms with Crippen LogP contribution >= 0.6 is 0 Å². The molecule has 6 nitrogen and oxygen atoms in total. The average Bonchev–Trinajstić information content (AvgIpc) is 2.42. The number of nitriles is 1. The van der Waals surface area contributed by atoms with Crippen LogP contribution in [0, 0.1) is 11.3 Å². The molecule has 1 rings (SSSR count). The number of hydrogen-bond donors (Lipinski definition) is 1. The molecule has 1 amide bonds. The molecule has 0 spiro atoms. The predicted molar refractivity (Wildman–Crippen MR) is 66.3 cm³/mol. The Labute approximate surface area is 110 Å². The zero-order chi connectivity index (χ0) is 14.3. The van der Waals surface area contributed by atoms with Gasteiger partial charge in [0.05, 0.1) is 12.7 Å². The lowest BCUT2D eigenvalue weighted by Crippen LogP contribution is -2.44. The summed E-state index contributed by atoms with van der Waals surface area (Å²) in [4.78, 5) is 22.4. The fourth-order valence-corrected chi connectivity index (χ4v) is 1.41. The van der Waals surface area contributed by atoms with E-state index in [0.29, 0.717) is 11.3 Å². The molecule has 1 atom stereocenters. The Kier molecular flexibility index (Phi) is 5.35. The van der Waals surface area contributed by atoms with Crippen molar-refractivity contribution >= 4 is 11.9 Å². The first-order valence-electron chi connectivity index (χ1n) is 5.55. The van der Waals surface area contributed by atoms with Gasteiger partial charge >= 0.3 is 5.97 Å². The van der Waals surface area contributed by atoms with Crippen molar-refractivity contribution < 1.29 is 19.1 Å². The van der Waals surface area contributed by atoms with Crippen LogP contribution < -0.4 is 10.1 Å². The number of esters is 1. The molecule has 1 aromatic carbocycles. The lowest BCUT2D eigenvalue weighted by Gasteiger charge is -2.16. The van der Waals surface area contributed by atoms with Crippen molar-refractivity contribution in [3.05, 3.63) is 29.8 Å². The number of carbonyl (C=O) groups is 2. The summed E-state index contributed by atoms with van der Waals surface area (Å²) in [5.41, 5.74) is 0.356. The molecule has 0 fully saturated rings. The zero-order valence-electron chi connectivity index (χ0n) is 10.7. The molecule has 0 saturated heterocycles. The van der Waals surface area contributed by atoms with Gasteiger partial charge in [0.15, 0.2) is 6.04 Å². The van der Waals surface area contributed by atoms with Crippen LogP contribution in [0.3, 0.4) is 0 Å². The summed E-state index contributed by atoms with van der Waals surface area (Å²) in [6, 6.07) is 7.69. The van der Waals surface area contributed by atoms with Crippen LogP contribution in [0.25, 0.3) is 0 Å². The molecular weight excluding hydrogens is 248 g/mol. The number of benzene rings is 1. The minimum absolute atomic E-state index is 0.106. The normalized spacial score (nSPS) is 11.0. The van der Waals surface area contributed by atoms with Gasteiger partial charge in [0.25, 0.3) is 0 Å². The summed E-state index contributed by atoms with van der Waals surface area (Å²) in [5, 5.41) is 11.3. The second kappa shape index (κ2) is 7.01. The lowest BCUT2D eigenvalue weighted by atomic mass is 10.2. The van der Waals surface area contributed by atoms with E-state index in [4.69, 9.17) is 10.00 Å². The second-order valence-corrected chi connectivity index (χ2v) is 3.70. The molecule has 0 aromatic heterocycles. The van der Waals surface area contributed by atoms with Crippen molar-refractivity contribution in [1.82, 2.24) is 5.32 Å². The summed E-state index contributed by atoms with van der Waals surface area (Å²) in [6.07, 6.45) is 0. The molecule has 0 aliphatic rings. The van der Waals surface area contributed by atoms with Gasteiger partial charge in [0, 0.05) is 6.92 Å². The maximum Gasteiger partial charge on any atom is 0.331 e. The van der Waals surface area contributed by atoms with Crippen molar-refractivity contribution in [2.24, 2.45) is 0 Å².